The molecule has 6 heteroatoms. The Morgan fingerprint density at radius 2 is 2.00 bits per heavy atom. The molecule has 1 saturated carbocycles. The van der Waals surface area contributed by atoms with Crippen molar-refractivity contribution in [3.8, 4) is 0 Å². The van der Waals surface area contributed by atoms with Gasteiger partial charge in [-0.3, -0.25) is 14.9 Å². The molecule has 0 unspecified atom stereocenters. The maximum absolute atomic E-state index is 11.5. The van der Waals surface area contributed by atoms with Crippen LogP contribution >= 0.6 is 0 Å². The predicted molar refractivity (Wildman–Crippen MR) is 79.2 cm³/mol. The van der Waals surface area contributed by atoms with Gasteiger partial charge >= 0.3 is 5.97 Å². The highest BCUT2D eigenvalue weighted by molar-refractivity contribution is 5.72. The van der Waals surface area contributed by atoms with Crippen molar-refractivity contribution in [1.29, 1.82) is 0 Å². The normalized spacial score (nSPS) is 21.6. The molecule has 0 atom stereocenters. The minimum Gasteiger partial charge on any atom is -0.469 e. The lowest BCUT2D eigenvalue weighted by Gasteiger charge is -2.28. The number of hydrogen-bond acceptors (Lipinski definition) is 5. The van der Waals surface area contributed by atoms with Crippen molar-refractivity contribution in [3.05, 3.63) is 33.9 Å². The number of carbonyl (C=O) groups excluding carboxylic acids is 1. The quantitative estimate of drug-likeness (QED) is 0.524. The van der Waals surface area contributed by atoms with E-state index in [1.165, 1.54) is 7.11 Å². The number of nitrogens with zero attached hydrogens (tertiary/aromatic N) is 1. The molecule has 114 valence electrons. The number of hydrogen-bond donors (Lipinski definition) is 1. The molecule has 0 radical (unpaired) electrons. The lowest BCUT2D eigenvalue weighted by atomic mass is 9.86. The van der Waals surface area contributed by atoms with E-state index in [2.05, 4.69) is 5.32 Å². The van der Waals surface area contributed by atoms with Crippen LogP contribution in [-0.2, 0) is 9.53 Å². The van der Waals surface area contributed by atoms with Crippen LogP contribution in [0, 0.1) is 23.0 Å². The predicted octanol–water partition coefficient (Wildman–Crippen LogP) is 3.05. The first kappa shape index (κ1) is 15.3. The molecule has 1 aromatic rings. The number of carbonyl (C=O) groups is 1. The molecular weight excluding hydrogens is 272 g/mol. The maximum Gasteiger partial charge on any atom is 0.308 e. The Labute approximate surface area is 123 Å². The van der Waals surface area contributed by atoms with Gasteiger partial charge in [-0.1, -0.05) is 12.1 Å². The third-order valence-electron chi connectivity index (χ3n) is 4.04. The lowest BCUT2D eigenvalue weighted by Crippen LogP contribution is -2.30. The second-order valence-corrected chi connectivity index (χ2v) is 5.44. The Bertz CT molecular complexity index is 536. The van der Waals surface area contributed by atoms with Gasteiger partial charge in [0.25, 0.3) is 5.69 Å². The summed E-state index contributed by atoms with van der Waals surface area (Å²) in [7, 11) is 1.41. The SMILES string of the molecule is COC(=O)C1CCC(Nc2cccc(C)c2[N+](=O)[O-])CC1. The summed E-state index contributed by atoms with van der Waals surface area (Å²) in [5.41, 5.74) is 1.34. The van der Waals surface area contributed by atoms with Crippen LogP contribution in [-0.4, -0.2) is 24.0 Å². The van der Waals surface area contributed by atoms with Crippen molar-refractivity contribution in [2.24, 2.45) is 5.92 Å². The summed E-state index contributed by atoms with van der Waals surface area (Å²) in [6.07, 6.45) is 3.13. The zero-order valence-corrected chi connectivity index (χ0v) is 12.3. The Morgan fingerprint density at radius 1 is 1.33 bits per heavy atom. The summed E-state index contributed by atoms with van der Waals surface area (Å²) in [6, 6.07) is 5.44. The minimum absolute atomic E-state index is 0.0412. The van der Waals surface area contributed by atoms with E-state index in [-0.39, 0.29) is 28.5 Å². The van der Waals surface area contributed by atoms with Crippen LogP contribution in [0.1, 0.15) is 31.2 Å². The first-order chi connectivity index (χ1) is 10.0. The molecule has 1 aromatic carbocycles. The smallest absolute Gasteiger partial charge is 0.308 e. The van der Waals surface area contributed by atoms with Gasteiger partial charge in [-0.15, -0.1) is 0 Å². The van der Waals surface area contributed by atoms with Gasteiger partial charge in [0.2, 0.25) is 0 Å². The number of nitro benzene ring substituents is 1. The highest BCUT2D eigenvalue weighted by Gasteiger charge is 2.28. The van der Waals surface area contributed by atoms with Crippen molar-refractivity contribution in [2.75, 3.05) is 12.4 Å². The van der Waals surface area contributed by atoms with Crippen molar-refractivity contribution < 1.29 is 14.5 Å². The molecule has 1 N–H and O–H groups in total. The van der Waals surface area contributed by atoms with Gasteiger partial charge in [-0.25, -0.2) is 0 Å². The lowest BCUT2D eigenvalue weighted by molar-refractivity contribution is -0.384. The second kappa shape index (κ2) is 6.56. The van der Waals surface area contributed by atoms with E-state index < -0.39 is 0 Å². The van der Waals surface area contributed by atoms with Gasteiger partial charge in [0.1, 0.15) is 5.69 Å². The number of rotatable bonds is 4. The molecule has 0 amide bonds. The largest absolute Gasteiger partial charge is 0.469 e. The van der Waals surface area contributed by atoms with Gasteiger partial charge in [0.05, 0.1) is 18.0 Å². The van der Waals surface area contributed by atoms with Crippen LogP contribution in [0.3, 0.4) is 0 Å². The third kappa shape index (κ3) is 3.51. The maximum atomic E-state index is 11.5. The van der Waals surface area contributed by atoms with E-state index in [9.17, 15) is 14.9 Å². The molecule has 0 saturated heterocycles. The molecular formula is C15H20N2O4. The number of benzene rings is 1. The molecule has 1 aliphatic carbocycles. The molecule has 0 heterocycles. The van der Waals surface area contributed by atoms with Crippen molar-refractivity contribution >= 4 is 17.3 Å². The van der Waals surface area contributed by atoms with E-state index in [1.54, 1.807) is 19.1 Å². The highest BCUT2D eigenvalue weighted by Crippen LogP contribution is 2.32. The number of nitro groups is 1. The average Bonchev–Trinajstić information content (AvgIpc) is 2.47. The third-order valence-corrected chi connectivity index (χ3v) is 4.04. The van der Waals surface area contributed by atoms with Crippen LogP contribution in [0.15, 0.2) is 18.2 Å². The minimum atomic E-state index is -0.349. The Kier molecular flexibility index (Phi) is 4.77. The van der Waals surface area contributed by atoms with E-state index in [1.807, 2.05) is 6.07 Å². The molecule has 0 aliphatic heterocycles. The number of anilines is 1. The number of ether oxygens (including phenoxy) is 1. The summed E-state index contributed by atoms with van der Waals surface area (Å²) in [6.45, 7) is 1.73. The van der Waals surface area contributed by atoms with E-state index in [0.29, 0.717) is 11.3 Å². The van der Waals surface area contributed by atoms with Gasteiger partial charge in [0.15, 0.2) is 0 Å². The molecule has 0 spiro atoms. The monoisotopic (exact) mass is 292 g/mol. The topological polar surface area (TPSA) is 81.5 Å². The van der Waals surface area contributed by atoms with Crippen molar-refractivity contribution in [1.82, 2.24) is 0 Å². The molecule has 6 nitrogen and oxygen atoms in total. The van der Waals surface area contributed by atoms with Gasteiger partial charge in [0, 0.05) is 11.6 Å². The van der Waals surface area contributed by atoms with Gasteiger partial charge in [-0.05, 0) is 38.7 Å². The number of nitrogens with one attached hydrogen (secondary N) is 1. The number of aryl methyl sites for hydroxylation is 1. The van der Waals surface area contributed by atoms with Gasteiger partial charge < -0.3 is 10.1 Å². The Hall–Kier alpha value is -2.11. The summed E-state index contributed by atoms with van der Waals surface area (Å²) >= 11 is 0. The van der Waals surface area contributed by atoms with Crippen LogP contribution < -0.4 is 5.32 Å². The fourth-order valence-corrected chi connectivity index (χ4v) is 2.88. The summed E-state index contributed by atoms with van der Waals surface area (Å²) < 4.78 is 4.76. The van der Waals surface area contributed by atoms with E-state index in [4.69, 9.17) is 4.74 Å². The molecule has 1 fully saturated rings. The number of esters is 1. The zero-order valence-electron chi connectivity index (χ0n) is 12.3. The molecule has 1 aliphatic rings. The number of methoxy groups -OCH3 is 1. The highest BCUT2D eigenvalue weighted by atomic mass is 16.6. The van der Waals surface area contributed by atoms with Crippen LogP contribution in [0.25, 0.3) is 0 Å². The van der Waals surface area contributed by atoms with Crippen molar-refractivity contribution in [3.63, 3.8) is 0 Å². The van der Waals surface area contributed by atoms with E-state index >= 15 is 0 Å². The van der Waals surface area contributed by atoms with Crippen LogP contribution in [0.4, 0.5) is 11.4 Å². The fraction of sp³-hybridized carbons (Fsp3) is 0.533. The molecule has 0 bridgehead atoms. The van der Waals surface area contributed by atoms with Crippen LogP contribution in [0.5, 0.6) is 0 Å². The molecule has 2 rings (SSSR count). The Balaban J connectivity index is 2.03. The standard InChI is InChI=1S/C15H20N2O4/c1-10-4-3-5-13(14(10)17(19)20)16-12-8-6-11(7-9-12)15(18)21-2/h3-5,11-12,16H,6-9H2,1-2H3. The Morgan fingerprint density at radius 3 is 2.57 bits per heavy atom. The van der Waals surface area contributed by atoms with Crippen molar-refractivity contribution in [2.45, 2.75) is 38.6 Å². The summed E-state index contributed by atoms with van der Waals surface area (Å²) in [4.78, 5) is 22.3. The summed E-state index contributed by atoms with van der Waals surface area (Å²) in [5, 5.41) is 14.4. The summed E-state index contributed by atoms with van der Waals surface area (Å²) in [5.74, 6) is -0.199. The molecule has 21 heavy (non-hydrogen) atoms. The zero-order chi connectivity index (χ0) is 15.4. The number of para-hydroxylation sites is 1. The fourth-order valence-electron chi connectivity index (χ4n) is 2.88. The molecule has 0 aromatic heterocycles. The second-order valence-electron chi connectivity index (χ2n) is 5.44. The van der Waals surface area contributed by atoms with Gasteiger partial charge in [-0.2, -0.15) is 0 Å². The van der Waals surface area contributed by atoms with Crippen LogP contribution in [0.2, 0.25) is 0 Å². The first-order valence-corrected chi connectivity index (χ1v) is 7.11. The first-order valence-electron chi connectivity index (χ1n) is 7.11. The average molecular weight is 292 g/mol. The van der Waals surface area contributed by atoms with E-state index in [0.717, 1.165) is 25.7 Å².